The number of nitrogens with zero attached hydrogens (tertiary/aromatic N) is 2. The number of imidazole rings is 1. The molecule has 0 fully saturated rings. The van der Waals surface area contributed by atoms with Gasteiger partial charge in [0, 0.05) is 18.0 Å². The molecule has 3 aromatic carbocycles. The number of rotatable bonds is 5. The third kappa shape index (κ3) is 4.80. The zero-order chi connectivity index (χ0) is 22.4. The highest BCUT2D eigenvalue weighted by Gasteiger charge is 2.18. The Morgan fingerprint density at radius 3 is 2.19 bits per heavy atom. The van der Waals surface area contributed by atoms with Crippen LogP contribution in [0.4, 0.5) is 0 Å². The van der Waals surface area contributed by atoms with Crippen molar-refractivity contribution in [3.05, 3.63) is 95.8 Å². The van der Waals surface area contributed by atoms with Crippen LogP contribution in [-0.4, -0.2) is 9.55 Å². The lowest BCUT2D eigenvalue weighted by Crippen LogP contribution is -2.07. The van der Waals surface area contributed by atoms with E-state index in [0.29, 0.717) is 5.92 Å². The summed E-state index contributed by atoms with van der Waals surface area (Å²) in [7, 11) is 0. The summed E-state index contributed by atoms with van der Waals surface area (Å²) in [6.45, 7) is 12.9. The van der Waals surface area contributed by atoms with Crippen molar-refractivity contribution in [2.45, 2.75) is 53.9 Å². The van der Waals surface area contributed by atoms with E-state index in [0.717, 1.165) is 17.8 Å². The number of aryl methyl sites for hydroxylation is 2. The quantitative estimate of drug-likeness (QED) is 0.324. The van der Waals surface area contributed by atoms with Crippen molar-refractivity contribution in [2.75, 3.05) is 0 Å². The van der Waals surface area contributed by atoms with Gasteiger partial charge in [0.2, 0.25) is 0 Å². The van der Waals surface area contributed by atoms with E-state index in [9.17, 15) is 0 Å². The molecule has 0 spiro atoms. The van der Waals surface area contributed by atoms with Crippen molar-refractivity contribution in [3.8, 4) is 28.2 Å². The standard InChI is InChI=1S/C27H28N2.C2H6/c1-5-21-17-24(23-13-9-10-20(4)16-23)18-25(19(2)3)26(21)29-15-14-28-27(29)22-11-7-6-8-12-22;1-2/h6-19H,5H2,1-4H3;1-2H3. The Bertz CT molecular complexity index is 1120. The van der Waals surface area contributed by atoms with Crippen LogP contribution in [0.5, 0.6) is 0 Å². The summed E-state index contributed by atoms with van der Waals surface area (Å²) in [6, 6.07) is 23.9. The van der Waals surface area contributed by atoms with Gasteiger partial charge in [0.05, 0.1) is 5.69 Å². The molecule has 2 heteroatoms. The van der Waals surface area contributed by atoms with Gasteiger partial charge in [-0.05, 0) is 53.6 Å². The van der Waals surface area contributed by atoms with Gasteiger partial charge in [-0.3, -0.25) is 4.57 Å². The van der Waals surface area contributed by atoms with Crippen molar-refractivity contribution < 1.29 is 0 Å². The molecule has 1 aromatic heterocycles. The molecule has 31 heavy (non-hydrogen) atoms. The molecule has 2 nitrogen and oxygen atoms in total. The zero-order valence-electron chi connectivity index (χ0n) is 19.7. The van der Waals surface area contributed by atoms with Crippen LogP contribution < -0.4 is 0 Å². The fourth-order valence-corrected chi connectivity index (χ4v) is 4.00. The van der Waals surface area contributed by atoms with Crippen LogP contribution in [0.15, 0.2) is 79.1 Å². The molecular weight excluding hydrogens is 376 g/mol. The van der Waals surface area contributed by atoms with Gasteiger partial charge in [0.15, 0.2) is 0 Å². The lowest BCUT2D eigenvalue weighted by molar-refractivity contribution is 0.839. The van der Waals surface area contributed by atoms with Crippen molar-refractivity contribution >= 4 is 0 Å². The van der Waals surface area contributed by atoms with Crippen LogP contribution in [0, 0.1) is 6.92 Å². The maximum absolute atomic E-state index is 4.69. The summed E-state index contributed by atoms with van der Waals surface area (Å²) in [5, 5.41) is 0. The monoisotopic (exact) mass is 410 g/mol. The Morgan fingerprint density at radius 1 is 0.839 bits per heavy atom. The van der Waals surface area contributed by atoms with Gasteiger partial charge >= 0.3 is 0 Å². The third-order valence-electron chi connectivity index (χ3n) is 5.49. The Morgan fingerprint density at radius 2 is 1.55 bits per heavy atom. The minimum absolute atomic E-state index is 0.408. The van der Waals surface area contributed by atoms with Gasteiger partial charge in [-0.15, -0.1) is 0 Å². The Kier molecular flexibility index (Phi) is 7.46. The van der Waals surface area contributed by atoms with Crippen LogP contribution in [0.25, 0.3) is 28.2 Å². The van der Waals surface area contributed by atoms with E-state index in [1.54, 1.807) is 0 Å². The fraction of sp³-hybridized carbons (Fsp3) is 0.276. The van der Waals surface area contributed by atoms with E-state index in [1.807, 2.05) is 26.1 Å². The smallest absolute Gasteiger partial charge is 0.144 e. The van der Waals surface area contributed by atoms with Crippen molar-refractivity contribution in [1.29, 1.82) is 0 Å². The molecular formula is C29H34N2. The average molecular weight is 411 g/mol. The Hall–Kier alpha value is -3.13. The van der Waals surface area contributed by atoms with Gasteiger partial charge in [-0.2, -0.15) is 0 Å². The lowest BCUT2D eigenvalue weighted by Gasteiger charge is -2.21. The highest BCUT2D eigenvalue weighted by atomic mass is 15.1. The molecule has 4 rings (SSSR count). The molecule has 0 unspecified atom stereocenters. The third-order valence-corrected chi connectivity index (χ3v) is 5.49. The second-order valence-electron chi connectivity index (χ2n) is 7.94. The van der Waals surface area contributed by atoms with E-state index in [4.69, 9.17) is 4.98 Å². The molecule has 0 N–H and O–H groups in total. The van der Waals surface area contributed by atoms with Crippen LogP contribution in [0.1, 0.15) is 57.2 Å². The van der Waals surface area contributed by atoms with Gasteiger partial charge in [0.1, 0.15) is 5.82 Å². The van der Waals surface area contributed by atoms with Gasteiger partial charge in [0.25, 0.3) is 0 Å². The molecule has 160 valence electrons. The topological polar surface area (TPSA) is 17.8 Å². The molecule has 0 aliphatic rings. The Balaban J connectivity index is 0.00000132. The summed E-state index contributed by atoms with van der Waals surface area (Å²) in [6.07, 6.45) is 4.97. The normalized spacial score (nSPS) is 10.7. The highest BCUT2D eigenvalue weighted by molar-refractivity contribution is 5.71. The molecule has 0 aliphatic carbocycles. The second kappa shape index (κ2) is 10.3. The largest absolute Gasteiger partial charge is 0.299 e. The van der Waals surface area contributed by atoms with Crippen molar-refractivity contribution in [1.82, 2.24) is 9.55 Å². The van der Waals surface area contributed by atoms with Gasteiger partial charge in [-0.1, -0.05) is 94.8 Å². The minimum Gasteiger partial charge on any atom is -0.299 e. The maximum Gasteiger partial charge on any atom is 0.144 e. The van der Waals surface area contributed by atoms with E-state index in [1.165, 1.54) is 33.5 Å². The molecule has 0 saturated carbocycles. The number of hydrogen-bond acceptors (Lipinski definition) is 1. The van der Waals surface area contributed by atoms with E-state index >= 15 is 0 Å². The fourth-order valence-electron chi connectivity index (χ4n) is 4.00. The summed E-state index contributed by atoms with van der Waals surface area (Å²) in [5.41, 5.74) is 8.98. The first-order valence-corrected chi connectivity index (χ1v) is 11.4. The molecule has 0 atom stereocenters. The molecule has 0 radical (unpaired) electrons. The molecule has 0 amide bonds. The molecule has 1 heterocycles. The summed E-state index contributed by atoms with van der Waals surface area (Å²) >= 11 is 0. The van der Waals surface area contributed by atoms with E-state index in [-0.39, 0.29) is 0 Å². The lowest BCUT2D eigenvalue weighted by atomic mass is 9.90. The maximum atomic E-state index is 4.69. The first-order valence-electron chi connectivity index (χ1n) is 11.4. The van der Waals surface area contributed by atoms with E-state index < -0.39 is 0 Å². The van der Waals surface area contributed by atoms with Crippen molar-refractivity contribution in [2.24, 2.45) is 0 Å². The van der Waals surface area contributed by atoms with Crippen LogP contribution >= 0.6 is 0 Å². The highest BCUT2D eigenvalue weighted by Crippen LogP contribution is 2.35. The number of aromatic nitrogens is 2. The summed E-state index contributed by atoms with van der Waals surface area (Å²) in [4.78, 5) is 4.69. The second-order valence-corrected chi connectivity index (χ2v) is 7.94. The summed E-state index contributed by atoms with van der Waals surface area (Å²) < 4.78 is 2.27. The first kappa shape index (κ1) is 22.6. The minimum atomic E-state index is 0.408. The van der Waals surface area contributed by atoms with Gasteiger partial charge < -0.3 is 0 Å². The predicted octanol–water partition coefficient (Wildman–Crippen LogP) is 8.23. The zero-order valence-corrected chi connectivity index (χ0v) is 19.7. The molecule has 4 aromatic rings. The molecule has 0 saturated heterocycles. The SMILES string of the molecule is CC.CCc1cc(-c2cccc(C)c2)cc(C(C)C)c1-n1ccnc1-c1ccccc1. The average Bonchev–Trinajstić information content (AvgIpc) is 3.29. The van der Waals surface area contributed by atoms with Crippen molar-refractivity contribution in [3.63, 3.8) is 0 Å². The molecule has 0 aliphatic heterocycles. The van der Waals surface area contributed by atoms with Crippen LogP contribution in [0.2, 0.25) is 0 Å². The van der Waals surface area contributed by atoms with Gasteiger partial charge in [-0.25, -0.2) is 4.98 Å². The van der Waals surface area contributed by atoms with Crippen LogP contribution in [-0.2, 0) is 6.42 Å². The predicted molar refractivity (Wildman–Crippen MR) is 134 cm³/mol. The number of hydrogen-bond donors (Lipinski definition) is 0. The van der Waals surface area contributed by atoms with Crippen LogP contribution in [0.3, 0.4) is 0 Å². The van der Waals surface area contributed by atoms with E-state index in [2.05, 4.69) is 99.1 Å². The number of benzene rings is 3. The summed E-state index contributed by atoms with van der Waals surface area (Å²) in [5.74, 6) is 1.40. The molecule has 0 bridgehead atoms. The Labute approximate surface area is 187 Å². The first-order chi connectivity index (χ1) is 15.1.